The Balaban J connectivity index is 2.50. The number of aliphatic carboxylic acids is 1. The van der Waals surface area contributed by atoms with Crippen molar-refractivity contribution in [3.63, 3.8) is 0 Å². The monoisotopic (exact) mass is 252 g/mol. The molecule has 96 valence electrons. The van der Waals surface area contributed by atoms with Gasteiger partial charge in [-0.15, -0.1) is 0 Å². The highest BCUT2D eigenvalue weighted by Crippen LogP contribution is 2.25. The lowest BCUT2D eigenvalue weighted by atomic mass is 9.97. The summed E-state index contributed by atoms with van der Waals surface area (Å²) in [6, 6.07) is 16.0. The number of hydrogen-bond donors (Lipinski definition) is 1. The van der Waals surface area contributed by atoms with Crippen LogP contribution in [0, 0.1) is 6.92 Å². The van der Waals surface area contributed by atoms with E-state index >= 15 is 0 Å². The topological polar surface area (TPSA) is 37.3 Å². The minimum Gasteiger partial charge on any atom is -0.478 e. The standard InChI is InChI=1S/C17H16O2/c1-12-7-9-14(10-8-12)16-6-4-3-5-15(16)11-13(2)17(18)19/h3-11H,1-2H3,(H,18,19). The maximum Gasteiger partial charge on any atom is 0.331 e. The molecule has 0 amide bonds. The van der Waals surface area contributed by atoms with E-state index in [0.29, 0.717) is 5.57 Å². The minimum absolute atomic E-state index is 0.333. The number of hydrogen-bond acceptors (Lipinski definition) is 1. The van der Waals surface area contributed by atoms with E-state index in [0.717, 1.165) is 16.7 Å². The Morgan fingerprint density at radius 1 is 1.05 bits per heavy atom. The molecule has 2 rings (SSSR count). The molecule has 19 heavy (non-hydrogen) atoms. The van der Waals surface area contributed by atoms with Crippen LogP contribution in [0.5, 0.6) is 0 Å². The quantitative estimate of drug-likeness (QED) is 0.833. The first-order chi connectivity index (χ1) is 9.08. The van der Waals surface area contributed by atoms with Crippen molar-refractivity contribution in [1.82, 2.24) is 0 Å². The summed E-state index contributed by atoms with van der Waals surface area (Å²) >= 11 is 0. The summed E-state index contributed by atoms with van der Waals surface area (Å²) in [6.45, 7) is 3.65. The van der Waals surface area contributed by atoms with Crippen LogP contribution >= 0.6 is 0 Å². The molecule has 0 unspecified atom stereocenters. The fourth-order valence-electron chi connectivity index (χ4n) is 1.91. The smallest absolute Gasteiger partial charge is 0.331 e. The molecule has 0 saturated carbocycles. The van der Waals surface area contributed by atoms with Crippen LogP contribution in [-0.2, 0) is 4.79 Å². The number of carboxylic acid groups (broad SMARTS) is 1. The lowest BCUT2D eigenvalue weighted by molar-refractivity contribution is -0.132. The Morgan fingerprint density at radius 3 is 2.32 bits per heavy atom. The predicted octanol–water partition coefficient (Wildman–Crippen LogP) is 4.15. The minimum atomic E-state index is -0.890. The van der Waals surface area contributed by atoms with Crippen molar-refractivity contribution < 1.29 is 9.90 Å². The van der Waals surface area contributed by atoms with Crippen LogP contribution in [-0.4, -0.2) is 11.1 Å². The van der Waals surface area contributed by atoms with E-state index in [9.17, 15) is 4.79 Å². The number of benzene rings is 2. The Kier molecular flexibility index (Phi) is 3.81. The van der Waals surface area contributed by atoms with Gasteiger partial charge in [0, 0.05) is 5.57 Å². The van der Waals surface area contributed by atoms with Crippen molar-refractivity contribution in [3.05, 3.63) is 65.2 Å². The van der Waals surface area contributed by atoms with E-state index in [-0.39, 0.29) is 0 Å². The molecule has 0 aliphatic carbocycles. The molecule has 0 spiro atoms. The third-order valence-corrected chi connectivity index (χ3v) is 3.03. The lowest BCUT2D eigenvalue weighted by Gasteiger charge is -2.07. The number of rotatable bonds is 3. The van der Waals surface area contributed by atoms with Crippen LogP contribution in [0.15, 0.2) is 54.1 Å². The fourth-order valence-corrected chi connectivity index (χ4v) is 1.91. The summed E-state index contributed by atoms with van der Waals surface area (Å²) in [5.41, 5.74) is 4.60. The molecule has 2 aromatic rings. The molecule has 0 aliphatic heterocycles. The molecule has 2 heteroatoms. The Morgan fingerprint density at radius 2 is 1.68 bits per heavy atom. The van der Waals surface area contributed by atoms with Crippen LogP contribution in [0.1, 0.15) is 18.1 Å². The second-order valence-corrected chi connectivity index (χ2v) is 4.59. The second kappa shape index (κ2) is 5.53. The molecule has 1 N–H and O–H groups in total. The van der Waals surface area contributed by atoms with Crippen LogP contribution < -0.4 is 0 Å². The molecule has 0 aromatic heterocycles. The van der Waals surface area contributed by atoms with Gasteiger partial charge in [-0.1, -0.05) is 54.1 Å². The Hall–Kier alpha value is -2.35. The van der Waals surface area contributed by atoms with Gasteiger partial charge in [0.15, 0.2) is 0 Å². The van der Waals surface area contributed by atoms with Crippen LogP contribution in [0.4, 0.5) is 0 Å². The van der Waals surface area contributed by atoms with Gasteiger partial charge < -0.3 is 5.11 Å². The van der Waals surface area contributed by atoms with Gasteiger partial charge in [0.05, 0.1) is 0 Å². The van der Waals surface area contributed by atoms with Crippen molar-refractivity contribution in [2.75, 3.05) is 0 Å². The van der Waals surface area contributed by atoms with E-state index in [1.54, 1.807) is 13.0 Å². The first-order valence-electron chi connectivity index (χ1n) is 6.15. The van der Waals surface area contributed by atoms with Gasteiger partial charge >= 0.3 is 5.97 Å². The summed E-state index contributed by atoms with van der Waals surface area (Å²) in [7, 11) is 0. The highest BCUT2D eigenvalue weighted by molar-refractivity contribution is 5.93. The molecule has 0 fully saturated rings. The zero-order valence-corrected chi connectivity index (χ0v) is 11.1. The van der Waals surface area contributed by atoms with Gasteiger partial charge in [-0.2, -0.15) is 0 Å². The predicted molar refractivity (Wildman–Crippen MR) is 77.9 cm³/mol. The highest BCUT2D eigenvalue weighted by Gasteiger charge is 2.05. The van der Waals surface area contributed by atoms with Gasteiger partial charge in [0.25, 0.3) is 0 Å². The molecular formula is C17H16O2. The zero-order chi connectivity index (χ0) is 13.8. The Bertz CT molecular complexity index is 622. The lowest BCUT2D eigenvalue weighted by Crippen LogP contribution is -1.96. The molecular weight excluding hydrogens is 236 g/mol. The van der Waals surface area contributed by atoms with Crippen molar-refractivity contribution in [1.29, 1.82) is 0 Å². The first kappa shape index (κ1) is 13.1. The van der Waals surface area contributed by atoms with Crippen LogP contribution in [0.3, 0.4) is 0 Å². The van der Waals surface area contributed by atoms with E-state index in [2.05, 4.69) is 24.3 Å². The third-order valence-electron chi connectivity index (χ3n) is 3.03. The average molecular weight is 252 g/mol. The number of aryl methyl sites for hydroxylation is 1. The van der Waals surface area contributed by atoms with Gasteiger partial charge in [-0.05, 0) is 36.6 Å². The highest BCUT2D eigenvalue weighted by atomic mass is 16.4. The molecule has 2 aromatic carbocycles. The van der Waals surface area contributed by atoms with Gasteiger partial charge in [-0.3, -0.25) is 0 Å². The summed E-state index contributed by atoms with van der Waals surface area (Å²) in [6.07, 6.45) is 1.71. The van der Waals surface area contributed by atoms with Crippen molar-refractivity contribution in [2.24, 2.45) is 0 Å². The number of carboxylic acids is 1. The second-order valence-electron chi connectivity index (χ2n) is 4.59. The maximum atomic E-state index is 10.9. The SMILES string of the molecule is CC(=Cc1ccccc1-c1ccc(C)cc1)C(=O)O. The van der Waals surface area contributed by atoms with Crippen LogP contribution in [0.2, 0.25) is 0 Å². The van der Waals surface area contributed by atoms with Crippen molar-refractivity contribution >= 4 is 12.0 Å². The molecule has 0 heterocycles. The van der Waals surface area contributed by atoms with E-state index < -0.39 is 5.97 Å². The van der Waals surface area contributed by atoms with Crippen LogP contribution in [0.25, 0.3) is 17.2 Å². The first-order valence-corrected chi connectivity index (χ1v) is 6.15. The fraction of sp³-hybridized carbons (Fsp3) is 0.118. The largest absolute Gasteiger partial charge is 0.478 e. The molecule has 0 aliphatic rings. The summed E-state index contributed by atoms with van der Waals surface area (Å²) in [5.74, 6) is -0.890. The summed E-state index contributed by atoms with van der Waals surface area (Å²) in [5, 5.41) is 8.97. The molecule has 0 atom stereocenters. The van der Waals surface area contributed by atoms with Gasteiger partial charge in [-0.25, -0.2) is 4.79 Å². The summed E-state index contributed by atoms with van der Waals surface area (Å²) in [4.78, 5) is 10.9. The molecule has 0 saturated heterocycles. The van der Waals surface area contributed by atoms with Crippen molar-refractivity contribution in [3.8, 4) is 11.1 Å². The number of carbonyl (C=O) groups is 1. The molecule has 0 radical (unpaired) electrons. The van der Waals surface area contributed by atoms with Gasteiger partial charge in [0.2, 0.25) is 0 Å². The molecule has 0 bridgehead atoms. The van der Waals surface area contributed by atoms with E-state index in [1.165, 1.54) is 5.56 Å². The summed E-state index contributed by atoms with van der Waals surface area (Å²) < 4.78 is 0. The zero-order valence-electron chi connectivity index (χ0n) is 11.1. The third kappa shape index (κ3) is 3.10. The van der Waals surface area contributed by atoms with Crippen molar-refractivity contribution in [2.45, 2.75) is 13.8 Å². The maximum absolute atomic E-state index is 10.9. The van der Waals surface area contributed by atoms with Gasteiger partial charge in [0.1, 0.15) is 0 Å². The average Bonchev–Trinajstić information content (AvgIpc) is 2.40. The van der Waals surface area contributed by atoms with E-state index in [1.807, 2.05) is 31.2 Å². The molecule has 2 nitrogen and oxygen atoms in total. The van der Waals surface area contributed by atoms with E-state index in [4.69, 9.17) is 5.11 Å². The Labute approximate surface area is 113 Å². The normalized spacial score (nSPS) is 11.4.